The summed E-state index contributed by atoms with van der Waals surface area (Å²) in [7, 11) is -3.04. The standard InChI is InChI=1S/C12H17O2S.Sn.H/c1-5-15(13,14)11-8-6-10(7-9-11)12(2,3)4;;/h6-9H,1,5H2,2-4H3;;. The second kappa shape index (κ2) is 5.08. The van der Waals surface area contributed by atoms with Gasteiger partial charge in [-0.15, -0.1) is 0 Å². The first-order valence-corrected chi connectivity index (χ1v) is 9.29. The van der Waals surface area contributed by atoms with Crippen LogP contribution in [0.1, 0.15) is 26.3 Å². The summed E-state index contributed by atoms with van der Waals surface area (Å²) < 4.78 is 24.4. The van der Waals surface area contributed by atoms with Gasteiger partial charge in [0.2, 0.25) is 0 Å². The molecular formula is C12H18O2SSn. The van der Waals surface area contributed by atoms with E-state index < -0.39 is 9.84 Å². The van der Waals surface area contributed by atoms with Gasteiger partial charge in [0.25, 0.3) is 0 Å². The monoisotopic (exact) mass is 346 g/mol. The van der Waals surface area contributed by atoms with Crippen LogP contribution in [-0.4, -0.2) is 36.7 Å². The molecule has 16 heavy (non-hydrogen) atoms. The summed E-state index contributed by atoms with van der Waals surface area (Å²) in [5.74, 6) is 0.282. The maximum absolute atomic E-state index is 11.8. The molecule has 1 aromatic rings. The SMILES string of the molecule is CC(C)(C)c1ccc(S(=O)(=O)C[CH2][SnH])cc1. The third kappa shape index (κ3) is 3.48. The number of hydrogen-bond acceptors (Lipinski definition) is 2. The Morgan fingerprint density at radius 1 is 1.12 bits per heavy atom. The quantitative estimate of drug-likeness (QED) is 0.787. The molecule has 1 aromatic carbocycles. The summed E-state index contributed by atoms with van der Waals surface area (Å²) in [6, 6.07) is 7.29. The van der Waals surface area contributed by atoms with E-state index in [-0.39, 0.29) is 11.2 Å². The van der Waals surface area contributed by atoms with Crippen LogP contribution < -0.4 is 0 Å². The molecule has 0 saturated carbocycles. The van der Waals surface area contributed by atoms with E-state index in [1.54, 1.807) is 12.1 Å². The molecule has 2 nitrogen and oxygen atoms in total. The van der Waals surface area contributed by atoms with Crippen LogP contribution >= 0.6 is 0 Å². The van der Waals surface area contributed by atoms with Crippen LogP contribution in [0.4, 0.5) is 0 Å². The van der Waals surface area contributed by atoms with E-state index >= 15 is 0 Å². The van der Waals surface area contributed by atoms with Crippen LogP contribution in [0.15, 0.2) is 29.2 Å². The van der Waals surface area contributed by atoms with Crippen molar-refractivity contribution in [3.05, 3.63) is 29.8 Å². The molecule has 0 saturated heterocycles. The fraction of sp³-hybridized carbons (Fsp3) is 0.500. The van der Waals surface area contributed by atoms with Gasteiger partial charge in [0.05, 0.1) is 0 Å². The Hall–Kier alpha value is -0.0313. The van der Waals surface area contributed by atoms with Crippen LogP contribution in [0.3, 0.4) is 0 Å². The van der Waals surface area contributed by atoms with Gasteiger partial charge in [0.15, 0.2) is 0 Å². The van der Waals surface area contributed by atoms with Gasteiger partial charge in [-0.05, 0) is 0 Å². The zero-order chi connectivity index (χ0) is 12.4. The van der Waals surface area contributed by atoms with E-state index in [1.807, 2.05) is 12.1 Å². The van der Waals surface area contributed by atoms with Gasteiger partial charge >= 0.3 is 112 Å². The Balaban J connectivity index is 3.05. The van der Waals surface area contributed by atoms with E-state index in [9.17, 15) is 8.42 Å². The molecule has 1 rings (SSSR count). The second-order valence-corrected chi connectivity index (χ2v) is 8.64. The van der Waals surface area contributed by atoms with E-state index in [1.165, 1.54) is 0 Å². The van der Waals surface area contributed by atoms with Crippen LogP contribution in [0.25, 0.3) is 0 Å². The summed E-state index contributed by atoms with van der Waals surface area (Å²) in [5.41, 5.74) is 1.23. The summed E-state index contributed by atoms with van der Waals surface area (Å²) >= 11 is 0.993. The zero-order valence-corrected chi connectivity index (χ0v) is 14.1. The minimum absolute atomic E-state index is 0.0690. The normalized spacial score (nSPS) is 12.8. The molecule has 0 fully saturated rings. The van der Waals surface area contributed by atoms with Crippen molar-refractivity contribution >= 4 is 32.4 Å². The Labute approximate surface area is 111 Å². The minimum atomic E-state index is -3.04. The molecule has 0 aliphatic heterocycles. The first-order valence-electron chi connectivity index (χ1n) is 5.31. The van der Waals surface area contributed by atoms with Gasteiger partial charge in [-0.3, -0.25) is 0 Å². The molecule has 4 heteroatoms. The van der Waals surface area contributed by atoms with E-state index in [0.717, 1.165) is 32.5 Å². The van der Waals surface area contributed by atoms with Gasteiger partial charge in [0, 0.05) is 0 Å². The Morgan fingerprint density at radius 3 is 2.00 bits per heavy atom. The first kappa shape index (κ1) is 14.0. The van der Waals surface area contributed by atoms with Crippen molar-refractivity contribution < 1.29 is 8.42 Å². The predicted molar refractivity (Wildman–Crippen MR) is 69.2 cm³/mol. The molecule has 0 atom stereocenters. The van der Waals surface area contributed by atoms with Crippen molar-refractivity contribution in [3.63, 3.8) is 0 Å². The third-order valence-corrected chi connectivity index (χ3v) is 6.25. The Kier molecular flexibility index (Phi) is 4.46. The van der Waals surface area contributed by atoms with Crippen molar-refractivity contribution in [2.45, 2.75) is 35.5 Å². The van der Waals surface area contributed by atoms with Crippen molar-refractivity contribution in [2.24, 2.45) is 0 Å². The molecule has 0 spiro atoms. The molecule has 0 amide bonds. The molecule has 0 heterocycles. The number of hydrogen-bond donors (Lipinski definition) is 0. The van der Waals surface area contributed by atoms with Crippen molar-refractivity contribution in [3.8, 4) is 0 Å². The summed E-state index contributed by atoms with van der Waals surface area (Å²) in [5, 5.41) is 0. The molecule has 0 bridgehead atoms. The second-order valence-electron chi connectivity index (χ2n) is 4.88. The van der Waals surface area contributed by atoms with Crippen LogP contribution in [-0.2, 0) is 15.3 Å². The fourth-order valence-corrected chi connectivity index (χ4v) is 5.19. The summed E-state index contributed by atoms with van der Waals surface area (Å²) in [6.07, 6.45) is 0. The number of rotatable bonds is 3. The van der Waals surface area contributed by atoms with Crippen LogP contribution in [0.5, 0.6) is 0 Å². The number of benzene rings is 1. The molecule has 0 N–H and O–H groups in total. The predicted octanol–water partition coefficient (Wildman–Crippen LogP) is 2.08. The zero-order valence-electron chi connectivity index (χ0n) is 10.0. The van der Waals surface area contributed by atoms with E-state index in [2.05, 4.69) is 20.8 Å². The van der Waals surface area contributed by atoms with Crippen molar-refractivity contribution in [1.29, 1.82) is 0 Å². The van der Waals surface area contributed by atoms with E-state index in [0.29, 0.717) is 4.90 Å². The summed E-state index contributed by atoms with van der Waals surface area (Å²) in [6.45, 7) is 6.36. The average Bonchev–Trinajstić information content (AvgIpc) is 2.16. The maximum atomic E-state index is 11.8. The molecule has 0 aliphatic carbocycles. The van der Waals surface area contributed by atoms with Gasteiger partial charge in [-0.25, -0.2) is 0 Å². The average molecular weight is 345 g/mol. The molecule has 0 aromatic heterocycles. The Bertz CT molecular complexity index is 441. The van der Waals surface area contributed by atoms with Gasteiger partial charge in [-0.2, -0.15) is 0 Å². The molecular weight excluding hydrogens is 327 g/mol. The number of sulfone groups is 1. The van der Waals surface area contributed by atoms with E-state index in [4.69, 9.17) is 0 Å². The van der Waals surface area contributed by atoms with Crippen molar-refractivity contribution in [2.75, 3.05) is 5.75 Å². The molecule has 0 unspecified atom stereocenters. The third-order valence-electron chi connectivity index (χ3n) is 2.47. The molecule has 0 aliphatic rings. The van der Waals surface area contributed by atoms with Crippen LogP contribution in [0.2, 0.25) is 4.44 Å². The van der Waals surface area contributed by atoms with Gasteiger partial charge < -0.3 is 0 Å². The van der Waals surface area contributed by atoms with Crippen LogP contribution in [0, 0.1) is 0 Å². The molecule has 2 radical (unpaired) electrons. The first-order chi connectivity index (χ1) is 7.27. The summed E-state index contributed by atoms with van der Waals surface area (Å²) in [4.78, 5) is 0.454. The van der Waals surface area contributed by atoms with Crippen molar-refractivity contribution in [1.82, 2.24) is 0 Å². The topological polar surface area (TPSA) is 34.1 Å². The molecule has 88 valence electrons. The Morgan fingerprint density at radius 2 is 1.62 bits per heavy atom. The van der Waals surface area contributed by atoms with Gasteiger partial charge in [0.1, 0.15) is 0 Å². The fourth-order valence-electron chi connectivity index (χ4n) is 1.44. The van der Waals surface area contributed by atoms with Gasteiger partial charge in [-0.1, -0.05) is 0 Å².